The Labute approximate surface area is 170 Å². The summed E-state index contributed by atoms with van der Waals surface area (Å²) in [6.07, 6.45) is 7.16. The van der Waals surface area contributed by atoms with E-state index >= 15 is 0 Å². The SMILES string of the molecule is CC(c1ccc(F)cc1)n1cc(-c2ccnc(-c3ccn4nc(N)nc4c3)n2)cn1. The summed E-state index contributed by atoms with van der Waals surface area (Å²) in [5.74, 6) is 0.521. The topological polar surface area (TPSA) is 99.8 Å². The van der Waals surface area contributed by atoms with Gasteiger partial charge in [-0.3, -0.25) is 4.68 Å². The van der Waals surface area contributed by atoms with E-state index in [0.29, 0.717) is 11.5 Å². The fourth-order valence-electron chi connectivity index (χ4n) is 3.27. The molecule has 2 N–H and O–H groups in total. The summed E-state index contributed by atoms with van der Waals surface area (Å²) in [5, 5.41) is 8.54. The molecule has 0 bridgehead atoms. The Bertz CT molecular complexity index is 1340. The molecule has 1 aromatic carbocycles. The van der Waals surface area contributed by atoms with Crippen LogP contribution in [0.2, 0.25) is 0 Å². The molecule has 9 heteroatoms. The lowest BCUT2D eigenvalue weighted by atomic mass is 10.1. The van der Waals surface area contributed by atoms with E-state index in [4.69, 9.17) is 5.73 Å². The summed E-state index contributed by atoms with van der Waals surface area (Å²) in [4.78, 5) is 13.2. The van der Waals surface area contributed by atoms with Gasteiger partial charge in [0.2, 0.25) is 5.95 Å². The highest BCUT2D eigenvalue weighted by atomic mass is 19.1. The maximum Gasteiger partial charge on any atom is 0.240 e. The van der Waals surface area contributed by atoms with Crippen molar-refractivity contribution in [3.63, 3.8) is 0 Å². The Balaban J connectivity index is 1.46. The van der Waals surface area contributed by atoms with Crippen molar-refractivity contribution in [3.05, 3.63) is 78.6 Å². The molecule has 0 aliphatic carbocycles. The first kappa shape index (κ1) is 17.9. The molecular weight excluding hydrogens is 383 g/mol. The number of benzene rings is 1. The fourth-order valence-corrected chi connectivity index (χ4v) is 3.27. The van der Waals surface area contributed by atoms with Crippen LogP contribution < -0.4 is 5.73 Å². The number of fused-ring (bicyclic) bond motifs is 1. The van der Waals surface area contributed by atoms with Gasteiger partial charge in [0.25, 0.3) is 0 Å². The van der Waals surface area contributed by atoms with Gasteiger partial charge < -0.3 is 5.73 Å². The molecule has 0 amide bonds. The van der Waals surface area contributed by atoms with Gasteiger partial charge in [-0.05, 0) is 42.8 Å². The fraction of sp³-hybridized carbons (Fsp3) is 0.0952. The zero-order valence-corrected chi connectivity index (χ0v) is 16.0. The Kier molecular flexibility index (Phi) is 4.20. The van der Waals surface area contributed by atoms with Gasteiger partial charge in [0.05, 0.1) is 17.9 Å². The molecular formula is C21H17FN8. The Morgan fingerprint density at radius 1 is 1.03 bits per heavy atom. The van der Waals surface area contributed by atoms with Crippen LogP contribution in [0, 0.1) is 5.82 Å². The molecule has 1 atom stereocenters. The third-order valence-corrected chi connectivity index (χ3v) is 4.91. The highest BCUT2D eigenvalue weighted by Gasteiger charge is 2.12. The molecule has 4 heterocycles. The van der Waals surface area contributed by atoms with Crippen LogP contribution >= 0.6 is 0 Å². The highest BCUT2D eigenvalue weighted by molar-refractivity contribution is 5.65. The molecule has 5 rings (SSSR count). The number of hydrogen-bond donors (Lipinski definition) is 1. The van der Waals surface area contributed by atoms with Crippen LogP contribution in [0.3, 0.4) is 0 Å². The van der Waals surface area contributed by atoms with Crippen molar-refractivity contribution in [3.8, 4) is 22.6 Å². The van der Waals surface area contributed by atoms with Gasteiger partial charge in [0.15, 0.2) is 11.5 Å². The molecule has 0 radical (unpaired) electrons. The lowest BCUT2D eigenvalue weighted by Gasteiger charge is -2.12. The molecule has 0 aliphatic rings. The number of rotatable bonds is 4. The summed E-state index contributed by atoms with van der Waals surface area (Å²) < 4.78 is 16.6. The molecule has 0 spiro atoms. The van der Waals surface area contributed by atoms with Crippen LogP contribution in [-0.4, -0.2) is 34.3 Å². The van der Waals surface area contributed by atoms with E-state index in [1.807, 2.05) is 36.0 Å². The number of pyridine rings is 1. The minimum absolute atomic E-state index is 0.0403. The summed E-state index contributed by atoms with van der Waals surface area (Å²) in [7, 11) is 0. The van der Waals surface area contributed by atoms with Gasteiger partial charge in [0.1, 0.15) is 5.82 Å². The van der Waals surface area contributed by atoms with Crippen LogP contribution in [0.1, 0.15) is 18.5 Å². The van der Waals surface area contributed by atoms with E-state index < -0.39 is 0 Å². The number of halogens is 1. The molecule has 0 saturated carbocycles. The third-order valence-electron chi connectivity index (χ3n) is 4.91. The standard InChI is InChI=1S/C21H17FN8/c1-13(14-2-4-17(22)5-3-14)30-12-16(11-25-30)18-6-8-24-20(26-18)15-7-9-29-19(10-15)27-21(23)28-29/h2-13H,1H3,(H2,23,28). The van der Waals surface area contributed by atoms with Crippen LogP contribution in [0.5, 0.6) is 0 Å². The van der Waals surface area contributed by atoms with Crippen molar-refractivity contribution in [1.82, 2.24) is 34.3 Å². The van der Waals surface area contributed by atoms with E-state index in [-0.39, 0.29) is 17.8 Å². The first-order chi connectivity index (χ1) is 14.6. The zero-order valence-electron chi connectivity index (χ0n) is 16.0. The number of nitrogen functional groups attached to an aromatic ring is 1. The van der Waals surface area contributed by atoms with Gasteiger partial charge >= 0.3 is 0 Å². The van der Waals surface area contributed by atoms with Crippen molar-refractivity contribution < 1.29 is 4.39 Å². The molecule has 0 aliphatic heterocycles. The Morgan fingerprint density at radius 2 is 1.87 bits per heavy atom. The van der Waals surface area contributed by atoms with Crippen LogP contribution in [0.15, 0.2) is 67.3 Å². The number of anilines is 1. The average Bonchev–Trinajstić information content (AvgIpc) is 3.39. The maximum absolute atomic E-state index is 13.2. The number of nitrogens with two attached hydrogens (primary N) is 1. The third kappa shape index (κ3) is 3.26. The van der Waals surface area contributed by atoms with Crippen molar-refractivity contribution >= 4 is 11.6 Å². The van der Waals surface area contributed by atoms with E-state index in [1.165, 1.54) is 12.1 Å². The van der Waals surface area contributed by atoms with Gasteiger partial charge in [0, 0.05) is 29.7 Å². The van der Waals surface area contributed by atoms with Crippen LogP contribution in [0.25, 0.3) is 28.3 Å². The summed E-state index contributed by atoms with van der Waals surface area (Å²) in [6, 6.07) is 11.9. The van der Waals surface area contributed by atoms with Crippen molar-refractivity contribution in [2.24, 2.45) is 0 Å². The monoisotopic (exact) mass is 400 g/mol. The van der Waals surface area contributed by atoms with Crippen LogP contribution in [-0.2, 0) is 0 Å². The molecule has 148 valence electrons. The van der Waals surface area contributed by atoms with Gasteiger partial charge in [-0.2, -0.15) is 10.1 Å². The smallest absolute Gasteiger partial charge is 0.240 e. The molecule has 0 saturated heterocycles. The molecule has 1 unspecified atom stereocenters. The minimum Gasteiger partial charge on any atom is -0.366 e. The maximum atomic E-state index is 13.2. The van der Waals surface area contributed by atoms with E-state index in [0.717, 1.165) is 22.4 Å². The van der Waals surface area contributed by atoms with Gasteiger partial charge in [-0.15, -0.1) is 5.10 Å². The average molecular weight is 400 g/mol. The zero-order chi connectivity index (χ0) is 20.7. The van der Waals surface area contributed by atoms with E-state index in [9.17, 15) is 4.39 Å². The largest absolute Gasteiger partial charge is 0.366 e. The second-order valence-electron chi connectivity index (χ2n) is 6.89. The lowest BCUT2D eigenvalue weighted by molar-refractivity contribution is 0.561. The quantitative estimate of drug-likeness (QED) is 0.496. The van der Waals surface area contributed by atoms with Gasteiger partial charge in [-0.1, -0.05) is 12.1 Å². The number of nitrogens with zero attached hydrogens (tertiary/aromatic N) is 7. The first-order valence-corrected chi connectivity index (χ1v) is 9.32. The summed E-state index contributed by atoms with van der Waals surface area (Å²) >= 11 is 0. The Morgan fingerprint density at radius 3 is 2.70 bits per heavy atom. The van der Waals surface area contributed by atoms with E-state index in [2.05, 4.69) is 25.1 Å². The summed E-state index contributed by atoms with van der Waals surface area (Å²) in [6.45, 7) is 2.01. The first-order valence-electron chi connectivity index (χ1n) is 9.32. The second kappa shape index (κ2) is 7.03. The highest BCUT2D eigenvalue weighted by Crippen LogP contribution is 2.24. The molecule has 30 heavy (non-hydrogen) atoms. The second-order valence-corrected chi connectivity index (χ2v) is 6.89. The predicted octanol–water partition coefficient (Wildman–Crippen LogP) is 3.38. The van der Waals surface area contributed by atoms with Crippen molar-refractivity contribution in [2.45, 2.75) is 13.0 Å². The van der Waals surface area contributed by atoms with Gasteiger partial charge in [-0.25, -0.2) is 18.9 Å². The Hall–Kier alpha value is -4.14. The molecule has 5 aromatic rings. The van der Waals surface area contributed by atoms with Crippen molar-refractivity contribution in [1.29, 1.82) is 0 Å². The summed E-state index contributed by atoms with van der Waals surface area (Å²) in [5.41, 5.74) is 9.67. The lowest BCUT2D eigenvalue weighted by Crippen LogP contribution is -2.06. The number of hydrogen-bond acceptors (Lipinski definition) is 6. The van der Waals surface area contributed by atoms with Crippen LogP contribution in [0.4, 0.5) is 10.3 Å². The van der Waals surface area contributed by atoms with Crippen molar-refractivity contribution in [2.75, 3.05) is 5.73 Å². The minimum atomic E-state index is -0.257. The molecule has 8 nitrogen and oxygen atoms in total. The normalized spacial score (nSPS) is 12.3. The predicted molar refractivity (Wildman–Crippen MR) is 110 cm³/mol. The number of aromatic nitrogens is 7. The molecule has 4 aromatic heterocycles. The molecule has 0 fully saturated rings. The van der Waals surface area contributed by atoms with E-state index in [1.54, 1.807) is 35.2 Å².